The average Bonchev–Trinajstić information content (AvgIpc) is 2.93. The number of amides is 2. The number of carbonyl (C=O) groups is 2. The lowest BCUT2D eigenvalue weighted by Crippen LogP contribution is -2.47. The zero-order valence-electron chi connectivity index (χ0n) is 21.5. The van der Waals surface area contributed by atoms with Crippen molar-refractivity contribution in [2.24, 2.45) is 0 Å². The summed E-state index contributed by atoms with van der Waals surface area (Å²) >= 11 is 0. The number of benzene rings is 3. The Morgan fingerprint density at radius 3 is 2.22 bits per heavy atom. The standard InChI is InChI=1S/C29H33FN4O3/c1-4-20(2)31-29(36)23-19-21(32-28(35)22-9-5-6-10-24(22)30)13-14-25(23)33-15-17-34(18-16-33)26-11-7-8-12-27(26)37-3/h5-14,19-20H,4,15-18H2,1-3H3,(H,31,36)(H,32,35). The van der Waals surface area contributed by atoms with Gasteiger partial charge in [-0.1, -0.05) is 31.2 Å². The SMILES string of the molecule is CCC(C)NC(=O)c1cc(NC(=O)c2ccccc2F)ccc1N1CCN(c2ccccc2OC)CC1. The van der Waals surface area contributed by atoms with Gasteiger partial charge in [-0.3, -0.25) is 9.59 Å². The average molecular weight is 505 g/mol. The van der Waals surface area contributed by atoms with Crippen molar-refractivity contribution in [2.45, 2.75) is 26.3 Å². The normalized spacial score (nSPS) is 14.2. The molecule has 7 nitrogen and oxygen atoms in total. The van der Waals surface area contributed by atoms with E-state index in [2.05, 4.69) is 20.4 Å². The lowest BCUT2D eigenvalue weighted by atomic mass is 10.1. The molecule has 1 saturated heterocycles. The Balaban J connectivity index is 1.56. The summed E-state index contributed by atoms with van der Waals surface area (Å²) in [5.74, 6) is -0.540. The van der Waals surface area contributed by atoms with E-state index in [1.807, 2.05) is 44.2 Å². The first-order valence-electron chi connectivity index (χ1n) is 12.5. The van der Waals surface area contributed by atoms with Crippen LogP contribution in [0.3, 0.4) is 0 Å². The van der Waals surface area contributed by atoms with Crippen LogP contribution in [-0.2, 0) is 0 Å². The second kappa shape index (κ2) is 11.8. The first kappa shape index (κ1) is 26.0. The quantitative estimate of drug-likeness (QED) is 0.455. The van der Waals surface area contributed by atoms with Gasteiger partial charge in [-0.25, -0.2) is 4.39 Å². The summed E-state index contributed by atoms with van der Waals surface area (Å²) in [6.07, 6.45) is 0.794. The number of ether oxygens (including phenoxy) is 1. The second-order valence-corrected chi connectivity index (χ2v) is 9.09. The maximum absolute atomic E-state index is 14.1. The molecule has 2 amide bonds. The molecule has 0 spiro atoms. The van der Waals surface area contributed by atoms with Crippen LogP contribution >= 0.6 is 0 Å². The van der Waals surface area contributed by atoms with E-state index in [0.29, 0.717) is 24.3 Å². The van der Waals surface area contributed by atoms with Crippen molar-refractivity contribution in [3.8, 4) is 5.75 Å². The van der Waals surface area contributed by atoms with Gasteiger partial charge in [0.15, 0.2) is 0 Å². The molecule has 0 bridgehead atoms. The Kier molecular flexibility index (Phi) is 8.28. The van der Waals surface area contributed by atoms with E-state index >= 15 is 0 Å². The van der Waals surface area contributed by atoms with Gasteiger partial charge in [0.1, 0.15) is 11.6 Å². The molecule has 194 valence electrons. The Labute approximate surface area is 217 Å². The minimum atomic E-state index is -0.598. The first-order chi connectivity index (χ1) is 17.9. The summed E-state index contributed by atoms with van der Waals surface area (Å²) < 4.78 is 19.6. The number of para-hydroxylation sites is 2. The Morgan fingerprint density at radius 2 is 1.54 bits per heavy atom. The van der Waals surface area contributed by atoms with E-state index in [1.165, 1.54) is 18.2 Å². The molecular weight excluding hydrogens is 471 g/mol. The van der Waals surface area contributed by atoms with Crippen LogP contribution in [0.15, 0.2) is 66.7 Å². The van der Waals surface area contributed by atoms with Crippen LogP contribution in [-0.4, -0.2) is 51.1 Å². The van der Waals surface area contributed by atoms with Crippen molar-refractivity contribution >= 4 is 28.9 Å². The number of halogens is 1. The van der Waals surface area contributed by atoms with E-state index < -0.39 is 11.7 Å². The summed E-state index contributed by atoms with van der Waals surface area (Å²) in [6, 6.07) is 19.0. The predicted octanol–water partition coefficient (Wildman–Crippen LogP) is 4.94. The lowest BCUT2D eigenvalue weighted by Gasteiger charge is -2.38. The molecule has 37 heavy (non-hydrogen) atoms. The van der Waals surface area contributed by atoms with Gasteiger partial charge in [-0.15, -0.1) is 0 Å². The number of nitrogens with zero attached hydrogens (tertiary/aromatic N) is 2. The van der Waals surface area contributed by atoms with Crippen LogP contribution in [0, 0.1) is 5.82 Å². The van der Waals surface area contributed by atoms with Gasteiger partial charge in [0.25, 0.3) is 11.8 Å². The topological polar surface area (TPSA) is 73.9 Å². The molecule has 3 aromatic rings. The number of methoxy groups -OCH3 is 1. The van der Waals surface area contributed by atoms with Gasteiger partial charge < -0.3 is 25.2 Å². The van der Waals surface area contributed by atoms with Crippen LogP contribution < -0.4 is 25.2 Å². The molecule has 0 aliphatic carbocycles. The van der Waals surface area contributed by atoms with Gasteiger partial charge >= 0.3 is 0 Å². The Bertz CT molecular complexity index is 1260. The van der Waals surface area contributed by atoms with Crippen molar-refractivity contribution in [3.05, 3.63) is 83.7 Å². The molecule has 4 rings (SSSR count). The number of hydrogen-bond donors (Lipinski definition) is 2. The molecule has 1 fully saturated rings. The molecule has 8 heteroatoms. The van der Waals surface area contributed by atoms with Gasteiger partial charge in [-0.05, 0) is 55.8 Å². The number of piperazine rings is 1. The summed E-state index contributed by atoms with van der Waals surface area (Å²) in [4.78, 5) is 30.4. The zero-order valence-corrected chi connectivity index (χ0v) is 21.5. The van der Waals surface area contributed by atoms with Crippen molar-refractivity contribution in [1.29, 1.82) is 0 Å². The molecule has 0 aromatic heterocycles. The summed E-state index contributed by atoms with van der Waals surface area (Å²) in [6.45, 7) is 6.91. The van der Waals surface area contributed by atoms with Crippen LogP contribution in [0.4, 0.5) is 21.5 Å². The third kappa shape index (κ3) is 6.02. The Hall–Kier alpha value is -4.07. The van der Waals surface area contributed by atoms with E-state index in [9.17, 15) is 14.0 Å². The molecule has 3 aromatic carbocycles. The molecule has 2 N–H and O–H groups in total. The van der Waals surface area contributed by atoms with E-state index in [0.717, 1.165) is 36.6 Å². The molecule has 1 heterocycles. The second-order valence-electron chi connectivity index (χ2n) is 9.09. The molecule has 1 aliphatic rings. The highest BCUT2D eigenvalue weighted by Crippen LogP contribution is 2.31. The van der Waals surface area contributed by atoms with E-state index in [-0.39, 0.29) is 17.5 Å². The van der Waals surface area contributed by atoms with Crippen molar-refractivity contribution < 1.29 is 18.7 Å². The fraction of sp³-hybridized carbons (Fsp3) is 0.310. The summed E-state index contributed by atoms with van der Waals surface area (Å²) in [5.41, 5.74) is 2.69. The third-order valence-electron chi connectivity index (χ3n) is 6.65. The lowest BCUT2D eigenvalue weighted by molar-refractivity contribution is 0.0938. The Morgan fingerprint density at radius 1 is 0.892 bits per heavy atom. The minimum absolute atomic E-state index is 0.000551. The smallest absolute Gasteiger partial charge is 0.258 e. The highest BCUT2D eigenvalue weighted by Gasteiger charge is 2.24. The minimum Gasteiger partial charge on any atom is -0.495 e. The summed E-state index contributed by atoms with van der Waals surface area (Å²) in [5, 5.41) is 5.76. The number of anilines is 3. The third-order valence-corrected chi connectivity index (χ3v) is 6.65. The molecule has 1 aliphatic heterocycles. The molecule has 1 atom stereocenters. The fourth-order valence-corrected chi connectivity index (χ4v) is 4.40. The van der Waals surface area contributed by atoms with Crippen molar-refractivity contribution in [3.63, 3.8) is 0 Å². The number of hydrogen-bond acceptors (Lipinski definition) is 5. The molecular formula is C29H33FN4O3. The van der Waals surface area contributed by atoms with Gasteiger partial charge in [0.2, 0.25) is 0 Å². The molecule has 0 radical (unpaired) electrons. The maximum atomic E-state index is 14.1. The van der Waals surface area contributed by atoms with Crippen LogP contribution in [0.2, 0.25) is 0 Å². The monoisotopic (exact) mass is 504 g/mol. The van der Waals surface area contributed by atoms with Gasteiger partial charge in [-0.2, -0.15) is 0 Å². The van der Waals surface area contributed by atoms with Crippen LogP contribution in [0.5, 0.6) is 5.75 Å². The van der Waals surface area contributed by atoms with E-state index in [1.54, 1.807) is 25.3 Å². The maximum Gasteiger partial charge on any atom is 0.258 e. The number of rotatable bonds is 8. The van der Waals surface area contributed by atoms with Crippen LogP contribution in [0.1, 0.15) is 41.0 Å². The first-order valence-corrected chi connectivity index (χ1v) is 12.5. The highest BCUT2D eigenvalue weighted by atomic mass is 19.1. The van der Waals surface area contributed by atoms with Gasteiger partial charge in [0, 0.05) is 43.6 Å². The van der Waals surface area contributed by atoms with Gasteiger partial charge in [0.05, 0.1) is 23.9 Å². The van der Waals surface area contributed by atoms with E-state index in [4.69, 9.17) is 4.74 Å². The van der Waals surface area contributed by atoms with Crippen molar-refractivity contribution in [1.82, 2.24) is 5.32 Å². The number of carbonyl (C=O) groups excluding carboxylic acids is 2. The molecule has 0 saturated carbocycles. The largest absolute Gasteiger partial charge is 0.495 e. The zero-order chi connectivity index (χ0) is 26.4. The molecule has 1 unspecified atom stereocenters. The summed E-state index contributed by atoms with van der Waals surface area (Å²) in [7, 11) is 1.67. The van der Waals surface area contributed by atoms with Crippen LogP contribution in [0.25, 0.3) is 0 Å². The fourth-order valence-electron chi connectivity index (χ4n) is 4.40. The van der Waals surface area contributed by atoms with Crippen molar-refractivity contribution in [2.75, 3.05) is 48.4 Å². The predicted molar refractivity (Wildman–Crippen MR) is 145 cm³/mol. The highest BCUT2D eigenvalue weighted by molar-refractivity contribution is 6.06. The number of nitrogens with one attached hydrogen (secondary N) is 2.